The first-order valence-electron chi connectivity index (χ1n) is 3.79. The molecule has 2 rings (SSSR count). The minimum Gasteiger partial charge on any atom is -0.477 e. The Morgan fingerprint density at radius 2 is 2.21 bits per heavy atom. The van der Waals surface area contributed by atoms with Crippen LogP contribution >= 0.6 is 38.5 Å². The van der Waals surface area contributed by atoms with Crippen molar-refractivity contribution in [1.29, 1.82) is 0 Å². The number of carboxylic acid groups (broad SMARTS) is 1. The van der Waals surface area contributed by atoms with Gasteiger partial charge in [-0.05, 0) is 40.8 Å². The van der Waals surface area contributed by atoms with Gasteiger partial charge < -0.3 is 10.1 Å². The molecule has 2 aromatic rings. The van der Waals surface area contributed by atoms with E-state index in [1.165, 1.54) is 0 Å². The zero-order chi connectivity index (χ0) is 10.3. The van der Waals surface area contributed by atoms with Crippen LogP contribution in [0.25, 0.3) is 10.9 Å². The van der Waals surface area contributed by atoms with E-state index >= 15 is 0 Å². The van der Waals surface area contributed by atoms with E-state index in [1.807, 2.05) is 40.8 Å². The third-order valence-corrected chi connectivity index (χ3v) is 3.52. The summed E-state index contributed by atoms with van der Waals surface area (Å²) in [6.07, 6.45) is 0. The van der Waals surface area contributed by atoms with Crippen molar-refractivity contribution < 1.29 is 9.90 Å². The predicted molar refractivity (Wildman–Crippen MR) is 65.7 cm³/mol. The van der Waals surface area contributed by atoms with Crippen LogP contribution in [-0.2, 0) is 0 Å². The number of aromatic amines is 1. The maximum absolute atomic E-state index is 10.8. The molecule has 0 unspecified atom stereocenters. The van der Waals surface area contributed by atoms with Crippen molar-refractivity contribution in [2.24, 2.45) is 0 Å². The smallest absolute Gasteiger partial charge is 0.353 e. The van der Waals surface area contributed by atoms with E-state index in [2.05, 4.69) is 20.9 Å². The zero-order valence-corrected chi connectivity index (χ0v) is 10.6. The molecule has 0 amide bonds. The van der Waals surface area contributed by atoms with Crippen LogP contribution in [0.3, 0.4) is 0 Å². The fraction of sp³-hybridized carbons (Fsp3) is 0. The number of halogens is 2. The quantitative estimate of drug-likeness (QED) is 0.762. The lowest BCUT2D eigenvalue weighted by molar-refractivity contribution is 0.0690. The molecule has 14 heavy (non-hydrogen) atoms. The number of nitrogens with one attached hydrogen (secondary N) is 1. The summed E-state index contributed by atoms with van der Waals surface area (Å²) in [6.45, 7) is 0. The molecule has 72 valence electrons. The van der Waals surface area contributed by atoms with E-state index in [9.17, 15) is 4.79 Å². The van der Waals surface area contributed by atoms with Crippen LogP contribution in [0.5, 0.6) is 0 Å². The number of carbonyl (C=O) groups is 1. The Hall–Kier alpha value is -0.560. The molecule has 0 spiro atoms. The summed E-state index contributed by atoms with van der Waals surface area (Å²) in [4.78, 5) is 13.7. The van der Waals surface area contributed by atoms with Crippen molar-refractivity contribution in [1.82, 2.24) is 4.98 Å². The number of carboxylic acids is 1. The summed E-state index contributed by atoms with van der Waals surface area (Å²) < 4.78 is 1.69. The third-order valence-electron chi connectivity index (χ3n) is 1.91. The van der Waals surface area contributed by atoms with Crippen molar-refractivity contribution in [2.45, 2.75) is 0 Å². The second kappa shape index (κ2) is 3.54. The molecule has 1 heterocycles. The summed E-state index contributed by atoms with van der Waals surface area (Å²) in [5, 5.41) is 9.82. The fourth-order valence-electron chi connectivity index (χ4n) is 1.28. The van der Waals surface area contributed by atoms with Crippen molar-refractivity contribution >= 4 is 55.4 Å². The molecule has 1 aromatic heterocycles. The van der Waals surface area contributed by atoms with E-state index in [1.54, 1.807) is 0 Å². The number of rotatable bonds is 1. The second-order valence-electron chi connectivity index (χ2n) is 2.81. The molecular formula is C9H5BrINO2. The minimum atomic E-state index is -0.929. The largest absolute Gasteiger partial charge is 0.477 e. The molecule has 0 saturated carbocycles. The highest BCUT2D eigenvalue weighted by molar-refractivity contribution is 14.1. The van der Waals surface area contributed by atoms with Crippen molar-refractivity contribution in [3.8, 4) is 0 Å². The van der Waals surface area contributed by atoms with Crippen LogP contribution in [-0.4, -0.2) is 16.1 Å². The number of hydrogen-bond donors (Lipinski definition) is 2. The number of fused-ring (bicyclic) bond motifs is 1. The number of hydrogen-bond acceptors (Lipinski definition) is 1. The first-order valence-corrected chi connectivity index (χ1v) is 5.67. The van der Waals surface area contributed by atoms with Crippen LogP contribution in [0, 0.1) is 3.57 Å². The van der Waals surface area contributed by atoms with Gasteiger partial charge in [0.25, 0.3) is 0 Å². The molecule has 3 nitrogen and oxygen atoms in total. The van der Waals surface area contributed by atoms with Gasteiger partial charge in [0.1, 0.15) is 5.69 Å². The molecule has 0 saturated heterocycles. The van der Waals surface area contributed by atoms with E-state index < -0.39 is 5.97 Å². The van der Waals surface area contributed by atoms with Gasteiger partial charge in [0.2, 0.25) is 0 Å². The number of aromatic carboxylic acids is 1. The normalized spacial score (nSPS) is 10.7. The lowest BCUT2D eigenvalue weighted by atomic mass is 10.2. The molecule has 0 radical (unpaired) electrons. The maximum atomic E-state index is 10.8. The Balaban J connectivity index is 2.80. The van der Waals surface area contributed by atoms with E-state index in [0.29, 0.717) is 0 Å². The second-order valence-corrected chi connectivity index (χ2v) is 4.80. The van der Waals surface area contributed by atoms with Gasteiger partial charge in [0.05, 0.1) is 3.57 Å². The minimum absolute atomic E-state index is 0.249. The third kappa shape index (κ3) is 1.54. The zero-order valence-electron chi connectivity index (χ0n) is 6.84. The topological polar surface area (TPSA) is 53.1 Å². The highest BCUT2D eigenvalue weighted by Crippen LogP contribution is 2.26. The first-order chi connectivity index (χ1) is 6.59. The molecule has 1 aromatic carbocycles. The Kier molecular flexibility index (Phi) is 2.52. The average Bonchev–Trinajstić information content (AvgIpc) is 2.44. The van der Waals surface area contributed by atoms with Crippen LogP contribution in [0.15, 0.2) is 22.7 Å². The monoisotopic (exact) mass is 365 g/mol. The van der Waals surface area contributed by atoms with Gasteiger partial charge in [0, 0.05) is 15.4 Å². The Labute approximate surface area is 102 Å². The van der Waals surface area contributed by atoms with Crippen molar-refractivity contribution in [3.63, 3.8) is 0 Å². The molecule has 0 aliphatic carbocycles. The van der Waals surface area contributed by atoms with Gasteiger partial charge in [-0.25, -0.2) is 4.79 Å². The highest BCUT2D eigenvalue weighted by atomic mass is 127. The maximum Gasteiger partial charge on any atom is 0.353 e. The fourth-order valence-corrected chi connectivity index (χ4v) is 2.45. The van der Waals surface area contributed by atoms with E-state index in [4.69, 9.17) is 5.11 Å². The summed E-state index contributed by atoms with van der Waals surface area (Å²) in [7, 11) is 0. The SMILES string of the molecule is O=C(O)c1[nH]c2ccc(Br)cc2c1I. The molecule has 0 fully saturated rings. The van der Waals surface area contributed by atoms with Gasteiger partial charge in [0.15, 0.2) is 0 Å². The van der Waals surface area contributed by atoms with Gasteiger partial charge in [-0.3, -0.25) is 0 Å². The van der Waals surface area contributed by atoms with Crippen molar-refractivity contribution in [3.05, 3.63) is 31.9 Å². The van der Waals surface area contributed by atoms with Crippen LogP contribution in [0.4, 0.5) is 0 Å². The van der Waals surface area contributed by atoms with Gasteiger partial charge in [-0.1, -0.05) is 15.9 Å². The number of benzene rings is 1. The summed E-state index contributed by atoms with van der Waals surface area (Å²) in [5.41, 5.74) is 1.09. The van der Waals surface area contributed by atoms with E-state index in [-0.39, 0.29) is 5.69 Å². The molecule has 0 aliphatic heterocycles. The van der Waals surface area contributed by atoms with Crippen LogP contribution in [0.1, 0.15) is 10.5 Å². The molecule has 0 bridgehead atoms. The Morgan fingerprint density at radius 1 is 1.50 bits per heavy atom. The number of H-pyrrole nitrogens is 1. The van der Waals surface area contributed by atoms with Gasteiger partial charge in [-0.15, -0.1) is 0 Å². The van der Waals surface area contributed by atoms with Crippen molar-refractivity contribution in [2.75, 3.05) is 0 Å². The molecular weight excluding hydrogens is 361 g/mol. The van der Waals surface area contributed by atoms with Crippen LogP contribution < -0.4 is 0 Å². The Morgan fingerprint density at radius 3 is 2.86 bits per heavy atom. The lowest BCUT2D eigenvalue weighted by Crippen LogP contribution is -1.97. The van der Waals surface area contributed by atoms with E-state index in [0.717, 1.165) is 18.9 Å². The van der Waals surface area contributed by atoms with Gasteiger partial charge in [-0.2, -0.15) is 0 Å². The summed E-state index contributed by atoms with van der Waals surface area (Å²) >= 11 is 5.38. The predicted octanol–water partition coefficient (Wildman–Crippen LogP) is 3.23. The standard InChI is InChI=1S/C9H5BrINO2/c10-4-1-2-6-5(3-4)7(11)8(12-6)9(13)14/h1-3,12H,(H,13,14). The molecule has 0 atom stereocenters. The molecule has 0 aliphatic rings. The lowest BCUT2D eigenvalue weighted by Gasteiger charge is -1.91. The highest BCUT2D eigenvalue weighted by Gasteiger charge is 2.14. The molecule has 2 N–H and O–H groups in total. The average molecular weight is 366 g/mol. The summed E-state index contributed by atoms with van der Waals surface area (Å²) in [6, 6.07) is 5.63. The number of aromatic nitrogens is 1. The van der Waals surface area contributed by atoms with Crippen LogP contribution in [0.2, 0.25) is 0 Å². The first kappa shape index (κ1) is 9.97. The summed E-state index contributed by atoms with van der Waals surface area (Å²) in [5.74, 6) is -0.929. The molecule has 5 heteroatoms. The Bertz CT molecular complexity index is 521. The van der Waals surface area contributed by atoms with Gasteiger partial charge >= 0.3 is 5.97 Å².